The van der Waals surface area contributed by atoms with Gasteiger partial charge in [-0.15, -0.1) is 0 Å². The molecule has 1 saturated carbocycles. The number of carbonyl (C=O) groups excluding carboxylic acids is 1. The maximum Gasteiger partial charge on any atom is 0.224 e. The highest BCUT2D eigenvalue weighted by molar-refractivity contribution is 5.90. The lowest BCUT2D eigenvalue weighted by Crippen LogP contribution is -2.48. The topological polar surface area (TPSA) is 44.9 Å². The van der Waals surface area contributed by atoms with Crippen molar-refractivity contribution >= 4 is 16.8 Å². The maximum absolute atomic E-state index is 13.5. The van der Waals surface area contributed by atoms with Crippen LogP contribution in [0, 0.1) is 18.7 Å². The Morgan fingerprint density at radius 2 is 2.09 bits per heavy atom. The third-order valence-corrected chi connectivity index (χ3v) is 5.24. The highest BCUT2D eigenvalue weighted by Crippen LogP contribution is 2.31. The molecule has 0 aliphatic heterocycles. The molecule has 0 atom stereocenters. The van der Waals surface area contributed by atoms with Crippen LogP contribution >= 0.6 is 0 Å². The molecule has 1 fully saturated rings. The molecule has 1 heterocycles. The zero-order valence-electron chi connectivity index (χ0n) is 14.1. The van der Waals surface area contributed by atoms with Gasteiger partial charge in [0.15, 0.2) is 0 Å². The molecule has 1 aromatic heterocycles. The molecular weight excluding hydrogens is 291 g/mol. The summed E-state index contributed by atoms with van der Waals surface area (Å²) in [6, 6.07) is 4.67. The molecule has 124 valence electrons. The predicted octanol–water partition coefficient (Wildman–Crippen LogP) is 4.24. The van der Waals surface area contributed by atoms with Crippen molar-refractivity contribution in [3.8, 4) is 0 Å². The second-order valence-corrected chi connectivity index (χ2v) is 7.39. The summed E-state index contributed by atoms with van der Waals surface area (Å²) in [6.45, 7) is 6.34. The fourth-order valence-electron chi connectivity index (χ4n) is 3.65. The van der Waals surface area contributed by atoms with E-state index in [0.717, 1.165) is 53.8 Å². The van der Waals surface area contributed by atoms with Crippen molar-refractivity contribution in [3.05, 3.63) is 35.3 Å². The fraction of sp³-hybridized carbons (Fsp3) is 0.526. The fourth-order valence-corrected chi connectivity index (χ4v) is 3.65. The van der Waals surface area contributed by atoms with Gasteiger partial charge >= 0.3 is 0 Å². The quantitative estimate of drug-likeness (QED) is 0.874. The van der Waals surface area contributed by atoms with Gasteiger partial charge < -0.3 is 10.3 Å². The van der Waals surface area contributed by atoms with E-state index in [0.29, 0.717) is 6.42 Å². The van der Waals surface area contributed by atoms with E-state index in [4.69, 9.17) is 0 Å². The molecule has 23 heavy (non-hydrogen) atoms. The Balaban J connectivity index is 1.75. The average molecular weight is 316 g/mol. The Labute approximate surface area is 136 Å². The summed E-state index contributed by atoms with van der Waals surface area (Å²) < 4.78 is 13.5. The van der Waals surface area contributed by atoms with Crippen LogP contribution in [0.2, 0.25) is 0 Å². The maximum atomic E-state index is 13.5. The van der Waals surface area contributed by atoms with E-state index in [-0.39, 0.29) is 17.3 Å². The van der Waals surface area contributed by atoms with E-state index in [9.17, 15) is 9.18 Å². The smallest absolute Gasteiger partial charge is 0.224 e. The van der Waals surface area contributed by atoms with Crippen molar-refractivity contribution in [2.75, 3.05) is 0 Å². The minimum atomic E-state index is -0.272. The monoisotopic (exact) mass is 316 g/mol. The highest BCUT2D eigenvalue weighted by atomic mass is 19.1. The first-order chi connectivity index (χ1) is 10.9. The molecule has 0 spiro atoms. The van der Waals surface area contributed by atoms with Crippen molar-refractivity contribution in [1.82, 2.24) is 10.3 Å². The number of benzene rings is 1. The summed E-state index contributed by atoms with van der Waals surface area (Å²) in [5.41, 5.74) is 2.60. The molecule has 1 aliphatic carbocycles. The Bertz CT molecular complexity index is 726. The van der Waals surface area contributed by atoms with E-state index in [1.165, 1.54) is 12.1 Å². The van der Waals surface area contributed by atoms with Gasteiger partial charge in [0.2, 0.25) is 5.91 Å². The molecule has 2 aromatic rings. The molecule has 0 bridgehead atoms. The number of halogens is 1. The van der Waals surface area contributed by atoms with Crippen molar-refractivity contribution < 1.29 is 9.18 Å². The second-order valence-electron chi connectivity index (χ2n) is 7.39. The first kappa shape index (κ1) is 16.0. The molecule has 3 rings (SSSR count). The first-order valence-corrected chi connectivity index (χ1v) is 8.44. The van der Waals surface area contributed by atoms with Gasteiger partial charge in [0.1, 0.15) is 5.82 Å². The van der Waals surface area contributed by atoms with E-state index >= 15 is 0 Å². The summed E-state index contributed by atoms with van der Waals surface area (Å²) in [5.74, 6) is 0.500. The lowest BCUT2D eigenvalue weighted by molar-refractivity contribution is -0.122. The van der Waals surface area contributed by atoms with Crippen LogP contribution in [0.15, 0.2) is 18.2 Å². The third kappa shape index (κ3) is 3.41. The molecule has 0 unspecified atom stereocenters. The molecule has 1 amide bonds. The summed E-state index contributed by atoms with van der Waals surface area (Å²) in [5, 5.41) is 4.02. The molecule has 3 nitrogen and oxygen atoms in total. The molecule has 2 N–H and O–H groups in total. The molecule has 4 heteroatoms. The number of nitrogens with one attached hydrogen (secondary N) is 2. The summed E-state index contributed by atoms with van der Waals surface area (Å²) in [6.07, 6.45) is 4.67. The first-order valence-electron chi connectivity index (χ1n) is 8.44. The number of aromatic nitrogens is 1. The number of hydrogen-bond acceptors (Lipinski definition) is 1. The zero-order valence-corrected chi connectivity index (χ0v) is 14.1. The van der Waals surface area contributed by atoms with E-state index in [1.807, 2.05) is 6.92 Å². The van der Waals surface area contributed by atoms with Crippen molar-refractivity contribution in [3.63, 3.8) is 0 Å². The van der Waals surface area contributed by atoms with Gasteiger partial charge in [-0.2, -0.15) is 0 Å². The minimum Gasteiger partial charge on any atom is -0.358 e. The largest absolute Gasteiger partial charge is 0.358 e. The molecule has 0 saturated heterocycles. The van der Waals surface area contributed by atoms with E-state index in [2.05, 4.69) is 24.1 Å². The van der Waals surface area contributed by atoms with Gasteiger partial charge in [-0.05, 0) is 69.2 Å². The summed E-state index contributed by atoms with van der Waals surface area (Å²) in [7, 11) is 0. The molecular formula is C19H25FN2O. The third-order valence-electron chi connectivity index (χ3n) is 5.24. The summed E-state index contributed by atoms with van der Waals surface area (Å²) in [4.78, 5) is 15.8. The van der Waals surface area contributed by atoms with Gasteiger partial charge in [0.05, 0.1) is 6.42 Å². The van der Waals surface area contributed by atoms with E-state index in [1.54, 1.807) is 6.07 Å². The number of amides is 1. The number of H-pyrrole nitrogens is 1. The number of carbonyl (C=O) groups is 1. The number of rotatable bonds is 3. The van der Waals surface area contributed by atoms with Gasteiger partial charge in [0.25, 0.3) is 0 Å². The zero-order chi connectivity index (χ0) is 16.6. The Morgan fingerprint density at radius 3 is 2.78 bits per heavy atom. The molecule has 1 aliphatic rings. The standard InChI is InChI=1S/C19H25FN2O/c1-12-6-8-19(3,9-7-12)22-18(23)11-15-13(2)21-17-5-4-14(20)10-16(15)17/h4-5,10,12,21H,6-9,11H2,1-3H3,(H,22,23). The van der Waals surface area contributed by atoms with Crippen LogP contribution in [0.25, 0.3) is 10.9 Å². The number of fused-ring (bicyclic) bond motifs is 1. The predicted molar refractivity (Wildman–Crippen MR) is 90.9 cm³/mol. The Kier molecular flexibility index (Phi) is 4.17. The SMILES string of the molecule is Cc1[nH]c2ccc(F)cc2c1CC(=O)NC1(C)CCC(C)CC1. The van der Waals surface area contributed by atoms with E-state index < -0.39 is 0 Å². The lowest BCUT2D eigenvalue weighted by atomic mass is 9.78. The molecule has 0 radical (unpaired) electrons. The van der Waals surface area contributed by atoms with Crippen molar-refractivity contribution in [2.24, 2.45) is 5.92 Å². The Hall–Kier alpha value is -1.84. The number of aromatic amines is 1. The van der Waals surface area contributed by atoms with Crippen LogP contribution in [-0.2, 0) is 11.2 Å². The minimum absolute atomic E-state index is 0.0234. The number of hydrogen-bond donors (Lipinski definition) is 2. The molecule has 1 aromatic carbocycles. The van der Waals surface area contributed by atoms with Crippen LogP contribution in [0.1, 0.15) is 50.8 Å². The van der Waals surface area contributed by atoms with Gasteiger partial charge in [-0.3, -0.25) is 4.79 Å². The van der Waals surface area contributed by atoms with Crippen LogP contribution in [-0.4, -0.2) is 16.4 Å². The van der Waals surface area contributed by atoms with Crippen molar-refractivity contribution in [2.45, 2.75) is 58.4 Å². The summed E-state index contributed by atoms with van der Waals surface area (Å²) >= 11 is 0. The normalized spacial score (nSPS) is 24.8. The number of aryl methyl sites for hydroxylation is 1. The Morgan fingerprint density at radius 1 is 1.39 bits per heavy atom. The van der Waals surface area contributed by atoms with Crippen LogP contribution in [0.3, 0.4) is 0 Å². The second kappa shape index (κ2) is 5.99. The van der Waals surface area contributed by atoms with Crippen LogP contribution in [0.4, 0.5) is 4.39 Å². The average Bonchev–Trinajstić information content (AvgIpc) is 2.78. The van der Waals surface area contributed by atoms with Crippen LogP contribution < -0.4 is 5.32 Å². The van der Waals surface area contributed by atoms with Gasteiger partial charge in [-0.25, -0.2) is 4.39 Å². The highest BCUT2D eigenvalue weighted by Gasteiger charge is 2.31. The van der Waals surface area contributed by atoms with Gasteiger partial charge in [0, 0.05) is 22.1 Å². The van der Waals surface area contributed by atoms with Crippen molar-refractivity contribution in [1.29, 1.82) is 0 Å². The van der Waals surface area contributed by atoms with Gasteiger partial charge in [-0.1, -0.05) is 6.92 Å². The lowest BCUT2D eigenvalue weighted by Gasteiger charge is -2.37. The van der Waals surface area contributed by atoms with Crippen LogP contribution in [0.5, 0.6) is 0 Å².